The third-order valence-corrected chi connectivity index (χ3v) is 3.90. The van der Waals surface area contributed by atoms with Crippen LogP contribution in [0.5, 0.6) is 5.75 Å². The minimum Gasteiger partial charge on any atom is -0.508 e. The zero-order valence-electron chi connectivity index (χ0n) is 12.6. The van der Waals surface area contributed by atoms with Gasteiger partial charge in [-0.05, 0) is 26.3 Å². The van der Waals surface area contributed by atoms with Crippen molar-refractivity contribution in [3.05, 3.63) is 46.8 Å². The van der Waals surface area contributed by atoms with Crippen LogP contribution in [0.3, 0.4) is 0 Å². The van der Waals surface area contributed by atoms with E-state index in [4.69, 9.17) is 0 Å². The number of rotatable bonds is 5. The molecule has 1 aromatic heterocycles. The molecule has 108 valence electrons. The lowest BCUT2D eigenvalue weighted by molar-refractivity contribution is 0.440. The molecule has 0 saturated carbocycles. The molecule has 2 N–H and O–H groups in total. The maximum Gasteiger partial charge on any atom is 0.120 e. The van der Waals surface area contributed by atoms with Crippen LogP contribution in [0.25, 0.3) is 0 Å². The Kier molecular flexibility index (Phi) is 4.45. The van der Waals surface area contributed by atoms with Crippen LogP contribution >= 0.6 is 0 Å². The lowest BCUT2D eigenvalue weighted by Crippen LogP contribution is -2.21. The molecule has 4 heteroatoms. The largest absolute Gasteiger partial charge is 0.508 e. The Labute approximate surface area is 120 Å². The molecule has 1 heterocycles. The van der Waals surface area contributed by atoms with Crippen LogP contribution in [-0.2, 0) is 13.6 Å². The first-order chi connectivity index (χ1) is 9.54. The van der Waals surface area contributed by atoms with Gasteiger partial charge in [-0.1, -0.05) is 25.1 Å². The van der Waals surface area contributed by atoms with Gasteiger partial charge in [0.2, 0.25) is 0 Å². The number of aryl methyl sites for hydroxylation is 2. The maximum atomic E-state index is 9.97. The van der Waals surface area contributed by atoms with Crippen molar-refractivity contribution in [3.63, 3.8) is 0 Å². The van der Waals surface area contributed by atoms with E-state index >= 15 is 0 Å². The highest BCUT2D eigenvalue weighted by Gasteiger charge is 2.15. The summed E-state index contributed by atoms with van der Waals surface area (Å²) in [5.74, 6) is 0.353. The lowest BCUT2D eigenvalue weighted by atomic mass is 10.0. The third kappa shape index (κ3) is 2.85. The number of nitrogens with zero attached hydrogens (tertiary/aromatic N) is 2. The number of aromatic nitrogens is 2. The second-order valence-electron chi connectivity index (χ2n) is 5.17. The Morgan fingerprint density at radius 1 is 1.30 bits per heavy atom. The van der Waals surface area contributed by atoms with E-state index < -0.39 is 0 Å². The molecule has 0 spiro atoms. The predicted molar refractivity (Wildman–Crippen MR) is 80.7 cm³/mol. The molecular formula is C16H23N3O. The molecule has 1 aromatic carbocycles. The number of para-hydroxylation sites is 1. The molecule has 0 aliphatic rings. The van der Waals surface area contributed by atoms with Crippen LogP contribution in [-0.4, -0.2) is 14.9 Å². The summed E-state index contributed by atoms with van der Waals surface area (Å²) in [6, 6.07) is 7.66. The highest BCUT2D eigenvalue weighted by molar-refractivity contribution is 5.34. The number of aromatic hydroxyl groups is 1. The SMILES string of the molecule is CCC(NCc1c(C)nn(C)c1C)c1ccccc1O. The first-order valence-corrected chi connectivity index (χ1v) is 7.05. The standard InChI is InChI=1S/C16H23N3O/c1-5-15(13-8-6-7-9-16(13)20)17-10-14-11(2)18-19(4)12(14)3/h6-9,15,17,20H,5,10H2,1-4H3. The summed E-state index contributed by atoms with van der Waals surface area (Å²) < 4.78 is 1.91. The van der Waals surface area contributed by atoms with E-state index in [1.54, 1.807) is 6.07 Å². The van der Waals surface area contributed by atoms with Crippen LogP contribution < -0.4 is 5.32 Å². The average Bonchev–Trinajstić information content (AvgIpc) is 2.67. The molecule has 0 amide bonds. The van der Waals surface area contributed by atoms with Gasteiger partial charge in [0.05, 0.1) is 5.69 Å². The number of phenols is 1. The number of hydrogen-bond donors (Lipinski definition) is 2. The topological polar surface area (TPSA) is 50.1 Å². The third-order valence-electron chi connectivity index (χ3n) is 3.90. The Balaban J connectivity index is 2.14. The molecule has 0 radical (unpaired) electrons. The summed E-state index contributed by atoms with van der Waals surface area (Å²) in [4.78, 5) is 0. The zero-order valence-corrected chi connectivity index (χ0v) is 12.6. The molecule has 1 atom stereocenters. The molecule has 0 bridgehead atoms. The summed E-state index contributed by atoms with van der Waals surface area (Å²) in [5.41, 5.74) is 4.43. The number of phenolic OH excluding ortho intramolecular Hbond substituents is 1. The molecular weight excluding hydrogens is 250 g/mol. The minimum atomic E-state index is 0.148. The highest BCUT2D eigenvalue weighted by atomic mass is 16.3. The summed E-state index contributed by atoms with van der Waals surface area (Å²) in [5, 5.41) is 17.9. The van der Waals surface area contributed by atoms with E-state index in [0.29, 0.717) is 5.75 Å². The van der Waals surface area contributed by atoms with Gasteiger partial charge in [0, 0.05) is 36.5 Å². The molecule has 2 rings (SSSR count). The van der Waals surface area contributed by atoms with Crippen LogP contribution in [0, 0.1) is 13.8 Å². The fourth-order valence-corrected chi connectivity index (χ4v) is 2.55. The van der Waals surface area contributed by atoms with Gasteiger partial charge < -0.3 is 10.4 Å². The van der Waals surface area contributed by atoms with Crippen molar-refractivity contribution < 1.29 is 5.11 Å². The van der Waals surface area contributed by atoms with E-state index in [1.165, 1.54) is 11.3 Å². The van der Waals surface area contributed by atoms with Crippen LogP contribution in [0.4, 0.5) is 0 Å². The Morgan fingerprint density at radius 2 is 2.00 bits per heavy atom. The van der Waals surface area contributed by atoms with Crippen molar-refractivity contribution in [2.24, 2.45) is 7.05 Å². The van der Waals surface area contributed by atoms with Crippen molar-refractivity contribution >= 4 is 0 Å². The zero-order chi connectivity index (χ0) is 14.7. The van der Waals surface area contributed by atoms with Gasteiger partial charge in [-0.3, -0.25) is 4.68 Å². The molecule has 0 saturated heterocycles. The Bertz CT molecular complexity index is 589. The van der Waals surface area contributed by atoms with E-state index in [1.807, 2.05) is 36.9 Å². The van der Waals surface area contributed by atoms with Gasteiger partial charge in [0.1, 0.15) is 5.75 Å². The van der Waals surface area contributed by atoms with Gasteiger partial charge in [0.15, 0.2) is 0 Å². The molecule has 20 heavy (non-hydrogen) atoms. The monoisotopic (exact) mass is 273 g/mol. The first-order valence-electron chi connectivity index (χ1n) is 7.05. The minimum absolute atomic E-state index is 0.148. The van der Waals surface area contributed by atoms with E-state index in [2.05, 4.69) is 24.3 Å². The van der Waals surface area contributed by atoms with Crippen LogP contribution in [0.15, 0.2) is 24.3 Å². The smallest absolute Gasteiger partial charge is 0.120 e. The van der Waals surface area contributed by atoms with Gasteiger partial charge in [0.25, 0.3) is 0 Å². The van der Waals surface area contributed by atoms with E-state index in [0.717, 1.165) is 24.2 Å². The molecule has 1 unspecified atom stereocenters. The quantitative estimate of drug-likeness (QED) is 0.880. The second kappa shape index (κ2) is 6.09. The van der Waals surface area contributed by atoms with Crippen LogP contribution in [0.2, 0.25) is 0 Å². The lowest BCUT2D eigenvalue weighted by Gasteiger charge is -2.18. The van der Waals surface area contributed by atoms with Crippen molar-refractivity contribution in [1.29, 1.82) is 0 Å². The first kappa shape index (κ1) is 14.6. The van der Waals surface area contributed by atoms with Crippen LogP contribution in [0.1, 0.15) is 41.9 Å². The van der Waals surface area contributed by atoms with Crippen molar-refractivity contribution in [2.75, 3.05) is 0 Å². The number of nitrogens with one attached hydrogen (secondary N) is 1. The van der Waals surface area contributed by atoms with Gasteiger partial charge in [-0.25, -0.2) is 0 Å². The normalized spacial score (nSPS) is 12.6. The summed E-state index contributed by atoms with van der Waals surface area (Å²) >= 11 is 0. The van der Waals surface area contributed by atoms with Gasteiger partial charge in [-0.2, -0.15) is 5.10 Å². The number of hydrogen-bond acceptors (Lipinski definition) is 3. The summed E-state index contributed by atoms with van der Waals surface area (Å²) in [6.45, 7) is 6.99. The van der Waals surface area contributed by atoms with E-state index in [9.17, 15) is 5.11 Å². The van der Waals surface area contributed by atoms with Crippen molar-refractivity contribution in [1.82, 2.24) is 15.1 Å². The number of benzene rings is 1. The van der Waals surface area contributed by atoms with Gasteiger partial charge in [-0.15, -0.1) is 0 Å². The molecule has 0 aliphatic carbocycles. The predicted octanol–water partition coefficient (Wildman–Crippen LogP) is 2.98. The Morgan fingerprint density at radius 3 is 2.55 bits per heavy atom. The summed E-state index contributed by atoms with van der Waals surface area (Å²) in [6.07, 6.45) is 0.927. The second-order valence-corrected chi connectivity index (χ2v) is 5.17. The molecule has 4 nitrogen and oxygen atoms in total. The molecule has 0 aliphatic heterocycles. The fraction of sp³-hybridized carbons (Fsp3) is 0.438. The van der Waals surface area contributed by atoms with E-state index in [-0.39, 0.29) is 6.04 Å². The fourth-order valence-electron chi connectivity index (χ4n) is 2.55. The highest BCUT2D eigenvalue weighted by Crippen LogP contribution is 2.26. The summed E-state index contributed by atoms with van der Waals surface area (Å²) in [7, 11) is 1.96. The average molecular weight is 273 g/mol. The molecule has 2 aromatic rings. The Hall–Kier alpha value is -1.81. The maximum absolute atomic E-state index is 9.97. The van der Waals surface area contributed by atoms with Crippen molar-refractivity contribution in [2.45, 2.75) is 39.8 Å². The van der Waals surface area contributed by atoms with Gasteiger partial charge >= 0.3 is 0 Å². The molecule has 0 fully saturated rings. The van der Waals surface area contributed by atoms with Crippen molar-refractivity contribution in [3.8, 4) is 5.75 Å².